The molecule has 0 radical (unpaired) electrons. The van der Waals surface area contributed by atoms with Crippen LogP contribution in [0.3, 0.4) is 0 Å². The van der Waals surface area contributed by atoms with Gasteiger partial charge in [-0.25, -0.2) is 0 Å². The molecule has 0 aliphatic rings. The molecule has 0 saturated heterocycles. The molecule has 0 heterocycles. The third kappa shape index (κ3) is 14.6. The van der Waals surface area contributed by atoms with Crippen LogP contribution in [-0.4, -0.2) is 55.5 Å². The molecule has 0 aromatic heterocycles. The topological polar surface area (TPSA) is 317 Å². The van der Waals surface area contributed by atoms with E-state index >= 15 is 0 Å². The summed E-state index contributed by atoms with van der Waals surface area (Å²) in [5.74, 6) is 0.314. The first-order valence-corrected chi connectivity index (χ1v) is 22.8. The summed E-state index contributed by atoms with van der Waals surface area (Å²) < 4.78 is 89.1. The van der Waals surface area contributed by atoms with Crippen molar-refractivity contribution in [3.05, 3.63) is 150 Å². The minimum absolute atomic E-state index is 0.0129. The van der Waals surface area contributed by atoms with E-state index in [-0.39, 0.29) is 28.6 Å². The third-order valence-corrected chi connectivity index (χ3v) is 10.1. The average Bonchev–Trinajstić information content (AvgIpc) is 3.29. The van der Waals surface area contributed by atoms with Crippen LogP contribution >= 0.6 is 0 Å². The van der Waals surface area contributed by atoms with Gasteiger partial charge >= 0.3 is 21.2 Å². The number of aromatic hydroxyl groups is 1. The molecule has 0 bridgehead atoms. The number of benzene rings is 7. The van der Waals surface area contributed by atoms with E-state index in [1.165, 1.54) is 25.3 Å². The second-order valence-electron chi connectivity index (χ2n) is 13.8. The minimum Gasteiger partial charge on any atom is -0.505 e. The van der Waals surface area contributed by atoms with Crippen molar-refractivity contribution < 1.29 is 53.2 Å². The summed E-state index contributed by atoms with van der Waals surface area (Å²) in [7, 11) is -9.20. The number of aliphatic hydroxyl groups is 1. The van der Waals surface area contributed by atoms with E-state index in [9.17, 15) is 23.2 Å². The Bertz CT molecular complexity index is 3410. The summed E-state index contributed by atoms with van der Waals surface area (Å²) in [4.78, 5) is -0.337. The molecule has 0 atom stereocenters. The van der Waals surface area contributed by atoms with Gasteiger partial charge < -0.3 is 20.3 Å². The van der Waals surface area contributed by atoms with Crippen LogP contribution in [0.5, 0.6) is 11.5 Å². The number of phenolic OH excluding ortho intramolecular Hbond substituents is 1. The maximum absolute atomic E-state index is 11.7. The Kier molecular flexibility index (Phi) is 17.7. The van der Waals surface area contributed by atoms with Gasteiger partial charge in [-0.15, -0.1) is 40.6 Å². The number of fused-ring (bicyclic) bond motifs is 1. The number of anilines is 2. The van der Waals surface area contributed by atoms with Crippen molar-refractivity contribution in [2.45, 2.75) is 25.3 Å². The zero-order chi connectivity index (χ0) is 49.4. The number of methoxy groups -OCH3 is 1. The highest BCUT2D eigenvalue weighted by Gasteiger charge is 2.15. The van der Waals surface area contributed by atoms with Crippen molar-refractivity contribution in [1.82, 2.24) is 0 Å². The molecule has 24 heteroatoms. The third-order valence-electron chi connectivity index (χ3n) is 9.16. The van der Waals surface area contributed by atoms with Gasteiger partial charge in [0.05, 0.1) is 42.2 Å². The standard InChI is InChI=1S/C44H37N9O6S.2O3S/c1-27-21-34(15-19-36(27)48-46-33-16-20-37(28(2)22-33)49-50-38-11-7-8-12-43(38)60(56,57)58)47-52-40-25-42(59-3)41(24-30(40)26-54)53-51-39-18-13-29-23-32(14-17-35(29)44(39)55)45-31-9-5-4-6-10-31;2*1-4(2)3/h4-25,45,54-55H,26H2,1-3H3,(H,56,57,58);;. The van der Waals surface area contributed by atoms with Gasteiger partial charge in [0, 0.05) is 28.4 Å². The quantitative estimate of drug-likeness (QED) is 0.0617. The number of para-hydroxylation sites is 1. The van der Waals surface area contributed by atoms with Crippen molar-refractivity contribution in [3.63, 3.8) is 0 Å². The van der Waals surface area contributed by atoms with Crippen LogP contribution in [0.1, 0.15) is 16.7 Å². The Morgan fingerprint density at radius 1 is 0.544 bits per heavy atom. The first kappa shape index (κ1) is 50.7. The molecule has 7 aromatic carbocycles. The Morgan fingerprint density at radius 3 is 1.63 bits per heavy atom. The number of rotatable bonds is 13. The van der Waals surface area contributed by atoms with Crippen LogP contribution in [0.2, 0.25) is 0 Å². The predicted molar refractivity (Wildman–Crippen MR) is 249 cm³/mol. The Labute approximate surface area is 390 Å². The molecule has 0 aliphatic heterocycles. The number of aryl methyl sites for hydroxylation is 2. The number of ether oxygens (including phenoxy) is 1. The van der Waals surface area contributed by atoms with E-state index in [1.54, 1.807) is 67.6 Å². The predicted octanol–water partition coefficient (Wildman–Crippen LogP) is 11.3. The largest absolute Gasteiger partial charge is 0.505 e. The highest BCUT2D eigenvalue weighted by atomic mass is 32.2. The Morgan fingerprint density at radius 2 is 1.06 bits per heavy atom. The molecule has 68 heavy (non-hydrogen) atoms. The van der Waals surface area contributed by atoms with Gasteiger partial charge in [-0.2, -0.15) is 34.0 Å². The molecule has 7 rings (SSSR count). The highest BCUT2D eigenvalue weighted by molar-refractivity contribution is 7.86. The lowest BCUT2D eigenvalue weighted by Crippen LogP contribution is -1.97. The molecular formula is C44H37N9O12S3. The lowest BCUT2D eigenvalue weighted by atomic mass is 10.1. The minimum atomic E-state index is -4.46. The van der Waals surface area contributed by atoms with Crippen LogP contribution in [-0.2, 0) is 37.9 Å². The van der Waals surface area contributed by atoms with Gasteiger partial charge in [0.1, 0.15) is 27.7 Å². The molecule has 0 unspecified atom stereocenters. The van der Waals surface area contributed by atoms with Gasteiger partial charge in [-0.05, 0) is 121 Å². The smallest absolute Gasteiger partial charge is 0.425 e. The first-order valence-electron chi connectivity index (χ1n) is 19.3. The van der Waals surface area contributed by atoms with Crippen LogP contribution in [0.4, 0.5) is 56.9 Å². The van der Waals surface area contributed by atoms with Crippen molar-refractivity contribution in [1.29, 1.82) is 0 Å². The van der Waals surface area contributed by atoms with Gasteiger partial charge in [-0.1, -0.05) is 36.4 Å². The lowest BCUT2D eigenvalue weighted by Gasteiger charge is -2.10. The van der Waals surface area contributed by atoms with Gasteiger partial charge in [0.15, 0.2) is 5.75 Å². The Balaban J connectivity index is 0.00000100. The SMILES string of the molecule is COc1cc(N=Nc2ccc(N=Nc3ccc(N=Nc4ccccc4S(=O)(=O)O)c(C)c3)c(C)c2)c(CO)cc1N=Nc1ccc2cc(Nc3ccccc3)ccc2c1O.O=S(=O)=O.O=S(=O)=O. The van der Waals surface area contributed by atoms with Crippen molar-refractivity contribution in [2.24, 2.45) is 40.9 Å². The fourth-order valence-electron chi connectivity index (χ4n) is 6.04. The molecule has 7 aromatic rings. The summed E-state index contributed by atoms with van der Waals surface area (Å²) in [5.41, 5.74) is 6.91. The molecule has 4 N–H and O–H groups in total. The number of nitrogens with zero attached hydrogens (tertiary/aromatic N) is 8. The molecule has 0 fully saturated rings. The normalized spacial score (nSPS) is 11.4. The highest BCUT2D eigenvalue weighted by Crippen LogP contribution is 2.41. The van der Waals surface area contributed by atoms with Crippen LogP contribution in [0.15, 0.2) is 179 Å². The van der Waals surface area contributed by atoms with E-state index < -0.39 is 31.3 Å². The monoisotopic (exact) mass is 979 g/mol. The number of aliphatic hydroxyl groups excluding tert-OH is 1. The first-order chi connectivity index (χ1) is 32.4. The summed E-state index contributed by atoms with van der Waals surface area (Å²) in [6.07, 6.45) is 0. The van der Waals surface area contributed by atoms with Crippen molar-refractivity contribution in [2.75, 3.05) is 12.4 Å². The molecular weight excluding hydrogens is 943 g/mol. The second-order valence-corrected chi connectivity index (χ2v) is 16.0. The number of phenols is 1. The number of nitrogens with one attached hydrogen (secondary N) is 1. The summed E-state index contributed by atoms with van der Waals surface area (Å²) >= 11 is 0. The Hall–Kier alpha value is -8.29. The molecule has 0 saturated carbocycles. The summed E-state index contributed by atoms with van der Waals surface area (Å²) in [6.45, 7) is 3.31. The molecule has 21 nitrogen and oxygen atoms in total. The van der Waals surface area contributed by atoms with Gasteiger partial charge in [0.25, 0.3) is 10.1 Å². The molecule has 0 aliphatic carbocycles. The van der Waals surface area contributed by atoms with E-state index in [0.29, 0.717) is 50.8 Å². The molecule has 0 spiro atoms. The zero-order valence-electron chi connectivity index (χ0n) is 35.7. The second kappa shape index (κ2) is 23.8. The summed E-state index contributed by atoms with van der Waals surface area (Å²) in [6, 6.07) is 38.4. The van der Waals surface area contributed by atoms with Crippen LogP contribution in [0.25, 0.3) is 10.8 Å². The van der Waals surface area contributed by atoms with E-state index in [0.717, 1.165) is 27.9 Å². The van der Waals surface area contributed by atoms with E-state index in [4.69, 9.17) is 30.0 Å². The van der Waals surface area contributed by atoms with Crippen LogP contribution in [0, 0.1) is 13.8 Å². The lowest BCUT2D eigenvalue weighted by molar-refractivity contribution is 0.282. The summed E-state index contributed by atoms with van der Waals surface area (Å²) in [5, 5.41) is 60.4. The average molecular weight is 980 g/mol. The van der Waals surface area contributed by atoms with E-state index in [1.807, 2.05) is 61.5 Å². The molecule has 0 amide bonds. The maximum Gasteiger partial charge on any atom is 0.425 e. The maximum atomic E-state index is 11.7. The number of hydrogen-bond acceptors (Lipinski definition) is 20. The number of hydrogen-bond donors (Lipinski definition) is 4. The van der Waals surface area contributed by atoms with Crippen LogP contribution < -0.4 is 10.1 Å². The molecule has 348 valence electrons. The number of azo groups is 4. The van der Waals surface area contributed by atoms with Gasteiger partial charge in [-0.3, -0.25) is 4.55 Å². The zero-order valence-corrected chi connectivity index (χ0v) is 38.2. The fourth-order valence-corrected chi connectivity index (χ4v) is 6.66. The van der Waals surface area contributed by atoms with Crippen molar-refractivity contribution in [3.8, 4) is 11.5 Å². The van der Waals surface area contributed by atoms with Crippen molar-refractivity contribution >= 4 is 99.0 Å². The fraction of sp³-hybridized carbons (Fsp3) is 0.0909. The van der Waals surface area contributed by atoms with Gasteiger partial charge in [0.2, 0.25) is 0 Å². The van der Waals surface area contributed by atoms with E-state index in [2.05, 4.69) is 46.2 Å².